The molecule has 1 saturated carbocycles. The lowest BCUT2D eigenvalue weighted by Crippen LogP contribution is -2.57. The standard InChI is InChI=1S/C13H21N5O2S/c1-9-10(21-18-16-9)11(19)15-13(12(14)17-20)7-5-3-2-4-6-8-13/h20H,2-8H2,1H3,(H2,14,17)(H,15,19). The normalized spacial score (nSPS) is 19.6. The molecule has 0 saturated heterocycles. The number of oxime groups is 1. The zero-order valence-corrected chi connectivity index (χ0v) is 12.9. The molecule has 1 aliphatic carbocycles. The highest BCUT2D eigenvalue weighted by Gasteiger charge is 2.37. The molecule has 0 aliphatic heterocycles. The fraction of sp³-hybridized carbons (Fsp3) is 0.692. The van der Waals surface area contributed by atoms with E-state index in [1.807, 2.05) is 0 Å². The summed E-state index contributed by atoms with van der Waals surface area (Å²) in [7, 11) is 0. The fourth-order valence-corrected chi connectivity index (χ4v) is 3.32. The van der Waals surface area contributed by atoms with Gasteiger partial charge in [0, 0.05) is 0 Å². The largest absolute Gasteiger partial charge is 0.409 e. The second-order valence-electron chi connectivity index (χ2n) is 5.48. The van der Waals surface area contributed by atoms with E-state index in [0.717, 1.165) is 37.2 Å². The van der Waals surface area contributed by atoms with Gasteiger partial charge in [-0.25, -0.2) is 0 Å². The summed E-state index contributed by atoms with van der Waals surface area (Å²) < 4.78 is 3.78. The molecule has 1 aromatic heterocycles. The molecule has 1 fully saturated rings. The van der Waals surface area contributed by atoms with E-state index >= 15 is 0 Å². The van der Waals surface area contributed by atoms with Crippen molar-refractivity contribution in [2.24, 2.45) is 10.9 Å². The van der Waals surface area contributed by atoms with Crippen LogP contribution in [-0.4, -0.2) is 32.1 Å². The second kappa shape index (κ2) is 6.84. The molecule has 0 spiro atoms. The Kier molecular flexibility index (Phi) is 5.11. The predicted molar refractivity (Wildman–Crippen MR) is 80.6 cm³/mol. The molecule has 0 radical (unpaired) electrons. The van der Waals surface area contributed by atoms with Gasteiger partial charge in [-0.1, -0.05) is 41.7 Å². The van der Waals surface area contributed by atoms with Gasteiger partial charge >= 0.3 is 0 Å². The molecule has 8 heteroatoms. The van der Waals surface area contributed by atoms with E-state index in [9.17, 15) is 4.79 Å². The lowest BCUT2D eigenvalue weighted by molar-refractivity contribution is 0.0914. The molecule has 4 N–H and O–H groups in total. The minimum Gasteiger partial charge on any atom is -0.409 e. The summed E-state index contributed by atoms with van der Waals surface area (Å²) in [6.07, 6.45) is 6.62. The molecule has 0 atom stereocenters. The Morgan fingerprint density at radius 2 is 1.95 bits per heavy atom. The maximum atomic E-state index is 12.4. The van der Waals surface area contributed by atoms with Gasteiger partial charge in [-0.3, -0.25) is 4.79 Å². The van der Waals surface area contributed by atoms with Gasteiger partial charge in [0.05, 0.1) is 5.69 Å². The number of hydrogen-bond acceptors (Lipinski definition) is 6. The number of aryl methyl sites for hydroxylation is 1. The summed E-state index contributed by atoms with van der Waals surface area (Å²) in [6.45, 7) is 1.74. The molecule has 0 bridgehead atoms. The zero-order valence-electron chi connectivity index (χ0n) is 12.1. The van der Waals surface area contributed by atoms with E-state index in [2.05, 4.69) is 20.1 Å². The van der Waals surface area contributed by atoms with Crippen LogP contribution in [0, 0.1) is 6.92 Å². The van der Waals surface area contributed by atoms with Crippen LogP contribution in [-0.2, 0) is 0 Å². The number of nitrogens with two attached hydrogens (primary N) is 1. The topological polar surface area (TPSA) is 113 Å². The predicted octanol–water partition coefficient (Wildman–Crippen LogP) is 1.81. The number of nitrogens with one attached hydrogen (secondary N) is 1. The van der Waals surface area contributed by atoms with Gasteiger partial charge in [0.1, 0.15) is 10.4 Å². The molecule has 21 heavy (non-hydrogen) atoms. The first kappa shape index (κ1) is 15.7. The van der Waals surface area contributed by atoms with E-state index in [1.54, 1.807) is 6.92 Å². The van der Waals surface area contributed by atoms with Crippen LogP contribution in [0.15, 0.2) is 5.16 Å². The Morgan fingerprint density at radius 1 is 1.33 bits per heavy atom. The van der Waals surface area contributed by atoms with Crippen molar-refractivity contribution in [1.82, 2.24) is 14.9 Å². The van der Waals surface area contributed by atoms with Crippen LogP contribution >= 0.6 is 11.5 Å². The molecule has 1 amide bonds. The van der Waals surface area contributed by atoms with Crippen molar-refractivity contribution in [2.75, 3.05) is 0 Å². The van der Waals surface area contributed by atoms with Crippen LogP contribution < -0.4 is 11.1 Å². The maximum absolute atomic E-state index is 12.4. The van der Waals surface area contributed by atoms with Crippen LogP contribution in [0.5, 0.6) is 0 Å². The van der Waals surface area contributed by atoms with Gasteiger partial charge in [0.2, 0.25) is 0 Å². The first-order valence-corrected chi connectivity index (χ1v) is 7.96. The Balaban J connectivity index is 2.23. The summed E-state index contributed by atoms with van der Waals surface area (Å²) >= 11 is 1.06. The van der Waals surface area contributed by atoms with E-state index in [-0.39, 0.29) is 11.7 Å². The quantitative estimate of drug-likeness (QED) is 0.341. The maximum Gasteiger partial charge on any atom is 0.265 e. The molecular weight excluding hydrogens is 290 g/mol. The average molecular weight is 311 g/mol. The molecule has 1 aromatic rings. The number of carbonyl (C=O) groups is 1. The molecule has 2 rings (SSSR count). The summed E-state index contributed by atoms with van der Waals surface area (Å²) in [4.78, 5) is 12.9. The molecule has 1 aliphatic rings. The fourth-order valence-electron chi connectivity index (χ4n) is 2.76. The van der Waals surface area contributed by atoms with Crippen LogP contribution in [0.3, 0.4) is 0 Å². The van der Waals surface area contributed by atoms with Crippen molar-refractivity contribution >= 4 is 23.3 Å². The van der Waals surface area contributed by atoms with Gasteiger partial charge in [-0.05, 0) is 31.3 Å². The Hall–Kier alpha value is -1.70. The van der Waals surface area contributed by atoms with Crippen LogP contribution in [0.4, 0.5) is 0 Å². The van der Waals surface area contributed by atoms with E-state index in [1.165, 1.54) is 6.42 Å². The number of carbonyl (C=O) groups excluding carboxylic acids is 1. The average Bonchev–Trinajstić information content (AvgIpc) is 2.87. The van der Waals surface area contributed by atoms with Crippen LogP contribution in [0.2, 0.25) is 0 Å². The summed E-state index contributed by atoms with van der Waals surface area (Å²) in [6, 6.07) is 0. The van der Waals surface area contributed by atoms with Crippen molar-refractivity contribution in [3.63, 3.8) is 0 Å². The summed E-state index contributed by atoms with van der Waals surface area (Å²) in [5.41, 5.74) is 5.72. The third-order valence-corrected chi connectivity index (χ3v) is 4.84. The smallest absolute Gasteiger partial charge is 0.265 e. The Labute approximate surface area is 127 Å². The second-order valence-corrected chi connectivity index (χ2v) is 6.23. The van der Waals surface area contributed by atoms with Crippen LogP contribution in [0.1, 0.15) is 60.3 Å². The first-order valence-electron chi connectivity index (χ1n) is 7.18. The van der Waals surface area contributed by atoms with Gasteiger partial charge in [0.25, 0.3) is 5.91 Å². The van der Waals surface area contributed by atoms with Crippen molar-refractivity contribution in [2.45, 2.75) is 57.4 Å². The number of amidine groups is 1. The van der Waals surface area contributed by atoms with E-state index < -0.39 is 5.54 Å². The van der Waals surface area contributed by atoms with Crippen LogP contribution in [0.25, 0.3) is 0 Å². The minimum absolute atomic E-state index is 0.0767. The molecule has 7 nitrogen and oxygen atoms in total. The van der Waals surface area contributed by atoms with Crippen molar-refractivity contribution < 1.29 is 10.0 Å². The molecule has 0 unspecified atom stereocenters. The molecular formula is C13H21N5O2S. The number of hydrogen-bond donors (Lipinski definition) is 3. The Bertz CT molecular complexity index is 520. The third kappa shape index (κ3) is 3.49. The lowest BCUT2D eigenvalue weighted by Gasteiger charge is -2.35. The number of aromatic nitrogens is 2. The monoisotopic (exact) mass is 311 g/mol. The highest BCUT2D eigenvalue weighted by molar-refractivity contribution is 7.08. The lowest BCUT2D eigenvalue weighted by atomic mass is 9.82. The van der Waals surface area contributed by atoms with Crippen molar-refractivity contribution in [1.29, 1.82) is 0 Å². The number of rotatable bonds is 3. The van der Waals surface area contributed by atoms with Gasteiger partial charge in [-0.2, -0.15) is 0 Å². The SMILES string of the molecule is Cc1nnsc1C(=O)NC1(C(N)=NO)CCCCCCC1. The Morgan fingerprint density at radius 3 is 2.48 bits per heavy atom. The van der Waals surface area contributed by atoms with Gasteiger partial charge in [-0.15, -0.1) is 5.10 Å². The highest BCUT2D eigenvalue weighted by atomic mass is 32.1. The molecule has 116 valence electrons. The summed E-state index contributed by atoms with van der Waals surface area (Å²) in [5, 5.41) is 19.1. The zero-order chi connectivity index (χ0) is 15.3. The third-order valence-electron chi connectivity index (χ3n) is 4.02. The number of nitrogens with zero attached hydrogens (tertiary/aromatic N) is 3. The minimum atomic E-state index is -0.775. The number of amides is 1. The molecule has 0 aromatic carbocycles. The van der Waals surface area contributed by atoms with E-state index in [4.69, 9.17) is 10.9 Å². The van der Waals surface area contributed by atoms with Crippen molar-refractivity contribution in [3.05, 3.63) is 10.6 Å². The first-order chi connectivity index (χ1) is 10.1. The van der Waals surface area contributed by atoms with Crippen molar-refractivity contribution in [3.8, 4) is 0 Å². The van der Waals surface area contributed by atoms with Gasteiger partial charge in [0.15, 0.2) is 5.84 Å². The highest BCUT2D eigenvalue weighted by Crippen LogP contribution is 2.27. The van der Waals surface area contributed by atoms with E-state index in [0.29, 0.717) is 23.4 Å². The molecule has 1 heterocycles. The summed E-state index contributed by atoms with van der Waals surface area (Å²) in [5.74, 6) is -0.178. The van der Waals surface area contributed by atoms with Gasteiger partial charge < -0.3 is 16.3 Å².